The van der Waals surface area contributed by atoms with Crippen molar-refractivity contribution in [3.8, 4) is 0 Å². The van der Waals surface area contributed by atoms with E-state index in [0.29, 0.717) is 18.9 Å². The lowest BCUT2D eigenvalue weighted by atomic mass is 9.94. The van der Waals surface area contributed by atoms with Crippen LogP contribution in [0.1, 0.15) is 29.6 Å². The first kappa shape index (κ1) is 13.9. The van der Waals surface area contributed by atoms with Gasteiger partial charge in [-0.2, -0.15) is 0 Å². The highest BCUT2D eigenvalue weighted by molar-refractivity contribution is 7.89. The minimum atomic E-state index is -4.18. The molecule has 0 aromatic heterocycles. The van der Waals surface area contributed by atoms with Crippen molar-refractivity contribution >= 4 is 16.0 Å². The SMILES string of the molecule is O=C(O)c1c(F)ccc(S(=O)(=O)NC2CCC2)c1F. The van der Waals surface area contributed by atoms with Crippen LogP contribution in [-0.4, -0.2) is 25.5 Å². The molecule has 0 radical (unpaired) electrons. The number of benzene rings is 1. The summed E-state index contributed by atoms with van der Waals surface area (Å²) >= 11 is 0. The van der Waals surface area contributed by atoms with Gasteiger partial charge >= 0.3 is 5.97 Å². The van der Waals surface area contributed by atoms with Crippen LogP contribution >= 0.6 is 0 Å². The average Bonchev–Trinajstić information content (AvgIpc) is 2.23. The van der Waals surface area contributed by atoms with Crippen molar-refractivity contribution in [2.24, 2.45) is 0 Å². The third kappa shape index (κ3) is 2.59. The molecule has 0 saturated heterocycles. The number of hydrogen-bond acceptors (Lipinski definition) is 3. The molecule has 0 heterocycles. The molecule has 2 rings (SSSR count). The molecule has 0 amide bonds. The van der Waals surface area contributed by atoms with Gasteiger partial charge in [-0.15, -0.1) is 0 Å². The summed E-state index contributed by atoms with van der Waals surface area (Å²) in [6, 6.07) is 1.07. The first-order chi connectivity index (χ1) is 8.83. The molecule has 104 valence electrons. The van der Waals surface area contributed by atoms with E-state index >= 15 is 0 Å². The van der Waals surface area contributed by atoms with E-state index in [9.17, 15) is 22.0 Å². The number of aromatic carboxylic acids is 1. The monoisotopic (exact) mass is 291 g/mol. The Hall–Kier alpha value is -1.54. The minimum Gasteiger partial charge on any atom is -0.477 e. The van der Waals surface area contributed by atoms with Crippen molar-refractivity contribution in [2.45, 2.75) is 30.2 Å². The Morgan fingerprint density at radius 3 is 2.42 bits per heavy atom. The van der Waals surface area contributed by atoms with Crippen molar-refractivity contribution in [3.63, 3.8) is 0 Å². The second-order valence-electron chi connectivity index (χ2n) is 4.29. The zero-order valence-electron chi connectivity index (χ0n) is 9.69. The van der Waals surface area contributed by atoms with Crippen LogP contribution in [0, 0.1) is 11.6 Å². The predicted molar refractivity (Wildman–Crippen MR) is 61.3 cm³/mol. The summed E-state index contributed by atoms with van der Waals surface area (Å²) in [5.41, 5.74) is -1.27. The van der Waals surface area contributed by atoms with Crippen LogP contribution in [0.15, 0.2) is 17.0 Å². The van der Waals surface area contributed by atoms with Crippen LogP contribution in [0.25, 0.3) is 0 Å². The molecule has 8 heteroatoms. The fourth-order valence-corrected chi connectivity index (χ4v) is 3.13. The van der Waals surface area contributed by atoms with Gasteiger partial charge in [0.15, 0.2) is 5.82 Å². The number of hydrogen-bond donors (Lipinski definition) is 2. The number of sulfonamides is 1. The molecule has 0 bridgehead atoms. The third-order valence-electron chi connectivity index (χ3n) is 2.99. The maximum atomic E-state index is 13.8. The summed E-state index contributed by atoms with van der Waals surface area (Å²) in [7, 11) is -4.18. The first-order valence-corrected chi connectivity index (χ1v) is 7.05. The molecule has 1 aromatic carbocycles. The Labute approximate surface area is 108 Å². The molecule has 1 aliphatic carbocycles. The van der Waals surface area contributed by atoms with Crippen LogP contribution in [0.2, 0.25) is 0 Å². The van der Waals surface area contributed by atoms with Gasteiger partial charge in [-0.25, -0.2) is 26.7 Å². The Kier molecular flexibility index (Phi) is 3.55. The van der Waals surface area contributed by atoms with Crippen molar-refractivity contribution < 1.29 is 27.1 Å². The molecule has 0 aliphatic heterocycles. The van der Waals surface area contributed by atoms with Gasteiger partial charge < -0.3 is 5.11 Å². The van der Waals surface area contributed by atoms with Crippen molar-refractivity contribution in [3.05, 3.63) is 29.3 Å². The van der Waals surface area contributed by atoms with E-state index in [1.807, 2.05) is 0 Å². The maximum absolute atomic E-state index is 13.8. The van der Waals surface area contributed by atoms with E-state index < -0.39 is 38.1 Å². The molecule has 0 atom stereocenters. The van der Waals surface area contributed by atoms with Gasteiger partial charge in [0, 0.05) is 6.04 Å². The number of rotatable bonds is 4. The highest BCUT2D eigenvalue weighted by Gasteiger charge is 2.30. The summed E-state index contributed by atoms with van der Waals surface area (Å²) < 4.78 is 53.0. The third-order valence-corrected chi connectivity index (χ3v) is 4.52. The summed E-state index contributed by atoms with van der Waals surface area (Å²) in [6.07, 6.45) is 2.17. The lowest BCUT2D eigenvalue weighted by Crippen LogP contribution is -2.39. The van der Waals surface area contributed by atoms with Crippen LogP contribution in [-0.2, 0) is 10.0 Å². The van der Waals surface area contributed by atoms with E-state index in [1.165, 1.54) is 0 Å². The van der Waals surface area contributed by atoms with E-state index in [4.69, 9.17) is 5.11 Å². The van der Waals surface area contributed by atoms with Gasteiger partial charge in [-0.05, 0) is 25.0 Å². The number of carbonyl (C=O) groups is 1. The fraction of sp³-hybridized carbons (Fsp3) is 0.364. The van der Waals surface area contributed by atoms with E-state index in [-0.39, 0.29) is 6.04 Å². The summed E-state index contributed by atoms with van der Waals surface area (Å²) in [5, 5.41) is 8.68. The summed E-state index contributed by atoms with van der Waals surface area (Å²) in [6.45, 7) is 0. The second kappa shape index (κ2) is 4.86. The Balaban J connectivity index is 2.44. The maximum Gasteiger partial charge on any atom is 0.341 e. The number of nitrogens with one attached hydrogen (secondary N) is 1. The van der Waals surface area contributed by atoms with Gasteiger partial charge in [-0.1, -0.05) is 6.42 Å². The predicted octanol–water partition coefficient (Wildman–Crippen LogP) is 1.49. The van der Waals surface area contributed by atoms with Gasteiger partial charge in [0.1, 0.15) is 16.3 Å². The van der Waals surface area contributed by atoms with Crippen molar-refractivity contribution in [2.75, 3.05) is 0 Å². The van der Waals surface area contributed by atoms with Gasteiger partial charge in [0.05, 0.1) is 0 Å². The van der Waals surface area contributed by atoms with Gasteiger partial charge in [0.2, 0.25) is 10.0 Å². The molecule has 1 fully saturated rings. The van der Waals surface area contributed by atoms with Gasteiger partial charge in [-0.3, -0.25) is 0 Å². The quantitative estimate of drug-likeness (QED) is 0.880. The summed E-state index contributed by atoms with van der Waals surface area (Å²) in [4.78, 5) is 9.87. The molecule has 19 heavy (non-hydrogen) atoms. The van der Waals surface area contributed by atoms with Crippen LogP contribution < -0.4 is 4.72 Å². The molecule has 2 N–H and O–H groups in total. The second-order valence-corrected chi connectivity index (χ2v) is 5.97. The summed E-state index contributed by atoms with van der Waals surface area (Å²) in [5.74, 6) is -4.75. The lowest BCUT2D eigenvalue weighted by Gasteiger charge is -2.26. The minimum absolute atomic E-state index is 0.275. The Morgan fingerprint density at radius 2 is 1.95 bits per heavy atom. The normalized spacial score (nSPS) is 16.1. The van der Waals surface area contributed by atoms with Crippen LogP contribution in [0.3, 0.4) is 0 Å². The number of carboxylic acids is 1. The zero-order chi connectivity index (χ0) is 14.2. The molecule has 5 nitrogen and oxygen atoms in total. The average molecular weight is 291 g/mol. The van der Waals surface area contributed by atoms with Crippen molar-refractivity contribution in [1.82, 2.24) is 4.72 Å². The van der Waals surface area contributed by atoms with Crippen LogP contribution in [0.5, 0.6) is 0 Å². The largest absolute Gasteiger partial charge is 0.477 e. The number of carboxylic acid groups (broad SMARTS) is 1. The van der Waals surface area contributed by atoms with Gasteiger partial charge in [0.25, 0.3) is 0 Å². The smallest absolute Gasteiger partial charge is 0.341 e. The molecule has 1 saturated carbocycles. The highest BCUT2D eigenvalue weighted by Crippen LogP contribution is 2.24. The number of halogens is 2. The Morgan fingerprint density at radius 1 is 1.32 bits per heavy atom. The van der Waals surface area contributed by atoms with E-state index in [0.717, 1.165) is 12.5 Å². The first-order valence-electron chi connectivity index (χ1n) is 5.56. The fourth-order valence-electron chi connectivity index (χ4n) is 1.75. The zero-order valence-corrected chi connectivity index (χ0v) is 10.5. The van der Waals surface area contributed by atoms with Crippen LogP contribution in [0.4, 0.5) is 8.78 Å². The lowest BCUT2D eigenvalue weighted by molar-refractivity contribution is 0.0685. The molecule has 0 unspecified atom stereocenters. The standard InChI is InChI=1S/C11H11F2NO4S/c12-7-4-5-8(10(13)9(7)11(15)16)19(17,18)14-6-2-1-3-6/h4-6,14H,1-3H2,(H,15,16). The van der Waals surface area contributed by atoms with Crippen molar-refractivity contribution in [1.29, 1.82) is 0 Å². The topological polar surface area (TPSA) is 83.5 Å². The molecular formula is C11H11F2NO4S. The molecule has 0 spiro atoms. The molecule has 1 aliphatic rings. The Bertz CT molecular complexity index is 626. The van der Waals surface area contributed by atoms with E-state index in [2.05, 4.69) is 4.72 Å². The highest BCUT2D eigenvalue weighted by atomic mass is 32.2. The van der Waals surface area contributed by atoms with E-state index in [1.54, 1.807) is 0 Å². The molecule has 1 aromatic rings. The molecular weight excluding hydrogens is 280 g/mol.